The molecule has 0 rings (SSSR count). The number of aliphatic imine (C=N–C) groups is 1. The van der Waals surface area contributed by atoms with Gasteiger partial charge in [0.25, 0.3) is 0 Å². The van der Waals surface area contributed by atoms with Crippen molar-refractivity contribution >= 4 is 23.3 Å². The molecule has 0 heterocycles. The summed E-state index contributed by atoms with van der Waals surface area (Å²) in [4.78, 5) is 13.5. The second-order valence-corrected chi connectivity index (χ2v) is 1.85. The van der Waals surface area contributed by atoms with E-state index < -0.39 is 5.97 Å². The van der Waals surface area contributed by atoms with Crippen LogP contribution < -0.4 is 0 Å². The summed E-state index contributed by atoms with van der Waals surface area (Å²) >= 11 is 4.27. The number of carboxylic acids is 1. The summed E-state index contributed by atoms with van der Waals surface area (Å²) in [5, 5.41) is 10.3. The summed E-state index contributed by atoms with van der Waals surface area (Å²) < 4.78 is 0. The molecule has 50 valence electrons. The Morgan fingerprint density at radius 2 is 2.56 bits per heavy atom. The summed E-state index contributed by atoms with van der Waals surface area (Å²) in [6.07, 6.45) is 0.0175. The molecule has 0 aliphatic carbocycles. The Bertz CT molecular complexity index is 151. The number of thiocarbonyl (C=S) groups is 1. The molecule has 0 aromatic carbocycles. The van der Waals surface area contributed by atoms with Crippen LogP contribution >= 0.6 is 12.2 Å². The Kier molecular flexibility index (Phi) is 3.84. The molecule has 0 bridgehead atoms. The lowest BCUT2D eigenvalue weighted by atomic mass is 10.2. The molecule has 0 radical (unpaired) electrons. The third-order valence-corrected chi connectivity index (χ3v) is 0.849. The molecule has 4 heteroatoms. The van der Waals surface area contributed by atoms with E-state index >= 15 is 0 Å². The van der Waals surface area contributed by atoms with Crippen molar-refractivity contribution in [2.75, 3.05) is 0 Å². The summed E-state index contributed by atoms with van der Waals surface area (Å²) in [5.41, 5.74) is 0. The summed E-state index contributed by atoms with van der Waals surface area (Å²) in [6.45, 7) is 1.67. The second kappa shape index (κ2) is 4.18. The van der Waals surface area contributed by atoms with Gasteiger partial charge in [-0.2, -0.15) is 0 Å². The number of aliphatic carboxylic acids is 1. The fourth-order valence-electron chi connectivity index (χ4n) is 0.388. The predicted octanol–water partition coefficient (Wildman–Crippen LogP) is 0.952. The molecule has 1 atom stereocenters. The number of carbonyl (C=O) groups is 1. The minimum absolute atomic E-state index is 0.0175. The van der Waals surface area contributed by atoms with Gasteiger partial charge in [0, 0.05) is 0 Å². The van der Waals surface area contributed by atoms with Gasteiger partial charge in [-0.1, -0.05) is 0 Å². The van der Waals surface area contributed by atoms with Crippen LogP contribution in [0.25, 0.3) is 0 Å². The van der Waals surface area contributed by atoms with E-state index in [1.807, 2.05) is 0 Å². The van der Waals surface area contributed by atoms with Crippen molar-refractivity contribution in [1.29, 1.82) is 0 Å². The zero-order chi connectivity index (χ0) is 7.28. The SMILES string of the molecule is CC(CC(=O)O)N=C=S. The topological polar surface area (TPSA) is 49.7 Å². The minimum atomic E-state index is -0.864. The number of nitrogens with zero attached hydrogens (tertiary/aromatic N) is 1. The summed E-state index contributed by atoms with van der Waals surface area (Å²) in [7, 11) is 0. The van der Waals surface area contributed by atoms with E-state index in [9.17, 15) is 4.79 Å². The molecular weight excluding hydrogens is 138 g/mol. The molecule has 1 N–H and O–H groups in total. The van der Waals surface area contributed by atoms with E-state index in [-0.39, 0.29) is 12.5 Å². The van der Waals surface area contributed by atoms with Crippen LogP contribution in [0, 0.1) is 0 Å². The van der Waals surface area contributed by atoms with Crippen LogP contribution in [-0.4, -0.2) is 22.3 Å². The number of hydrogen-bond acceptors (Lipinski definition) is 3. The van der Waals surface area contributed by atoms with Gasteiger partial charge >= 0.3 is 5.97 Å². The average Bonchev–Trinajstić information content (AvgIpc) is 1.63. The summed E-state index contributed by atoms with van der Waals surface area (Å²) in [6, 6.07) is -0.250. The van der Waals surface area contributed by atoms with Crippen LogP contribution in [0.1, 0.15) is 13.3 Å². The normalized spacial score (nSPS) is 11.7. The van der Waals surface area contributed by atoms with Crippen molar-refractivity contribution in [2.24, 2.45) is 4.99 Å². The third-order valence-electron chi connectivity index (χ3n) is 0.743. The maximum Gasteiger partial charge on any atom is 0.305 e. The maximum atomic E-state index is 9.96. The van der Waals surface area contributed by atoms with Gasteiger partial charge in [-0.3, -0.25) is 4.79 Å². The van der Waals surface area contributed by atoms with E-state index in [2.05, 4.69) is 22.4 Å². The van der Waals surface area contributed by atoms with Gasteiger partial charge in [-0.05, 0) is 19.1 Å². The average molecular weight is 145 g/mol. The Morgan fingerprint density at radius 1 is 2.00 bits per heavy atom. The highest BCUT2D eigenvalue weighted by Crippen LogP contribution is 1.93. The largest absolute Gasteiger partial charge is 0.481 e. The van der Waals surface area contributed by atoms with Gasteiger partial charge < -0.3 is 5.11 Å². The molecule has 1 unspecified atom stereocenters. The van der Waals surface area contributed by atoms with Gasteiger partial charge in [0.1, 0.15) is 0 Å². The molecule has 0 fully saturated rings. The van der Waals surface area contributed by atoms with Gasteiger partial charge in [-0.25, -0.2) is 4.99 Å². The van der Waals surface area contributed by atoms with Crippen molar-refractivity contribution in [2.45, 2.75) is 19.4 Å². The molecule has 0 saturated heterocycles. The van der Waals surface area contributed by atoms with E-state index in [1.165, 1.54) is 0 Å². The quantitative estimate of drug-likeness (QED) is 0.475. The minimum Gasteiger partial charge on any atom is -0.481 e. The molecule has 0 spiro atoms. The van der Waals surface area contributed by atoms with Crippen LogP contribution in [0.2, 0.25) is 0 Å². The van der Waals surface area contributed by atoms with Gasteiger partial charge in [0.05, 0.1) is 17.6 Å². The lowest BCUT2D eigenvalue weighted by Gasteiger charge is -1.95. The highest BCUT2D eigenvalue weighted by molar-refractivity contribution is 7.78. The molecule has 0 aliphatic heterocycles. The van der Waals surface area contributed by atoms with Crippen LogP contribution in [0.4, 0.5) is 0 Å². The first-order chi connectivity index (χ1) is 4.16. The van der Waals surface area contributed by atoms with E-state index in [0.717, 1.165) is 0 Å². The van der Waals surface area contributed by atoms with Crippen molar-refractivity contribution in [3.05, 3.63) is 0 Å². The maximum absolute atomic E-state index is 9.96. The molecule has 0 saturated carbocycles. The Labute approximate surface area is 58.4 Å². The van der Waals surface area contributed by atoms with Crippen LogP contribution in [0.5, 0.6) is 0 Å². The number of isothiocyanates is 1. The molecule has 0 aromatic rings. The Hall–Kier alpha value is -0.730. The number of rotatable bonds is 3. The standard InChI is InChI=1S/C5H7NO2S/c1-4(6-3-9)2-5(7)8/h4H,2H2,1H3,(H,7,8). The monoisotopic (exact) mass is 145 g/mol. The van der Waals surface area contributed by atoms with E-state index in [4.69, 9.17) is 5.11 Å². The first kappa shape index (κ1) is 8.27. The van der Waals surface area contributed by atoms with E-state index in [0.29, 0.717) is 0 Å². The van der Waals surface area contributed by atoms with Crippen LogP contribution in [-0.2, 0) is 4.79 Å². The molecule has 3 nitrogen and oxygen atoms in total. The number of carboxylic acid groups (broad SMARTS) is 1. The smallest absolute Gasteiger partial charge is 0.305 e. The second-order valence-electron chi connectivity index (χ2n) is 1.67. The molecule has 0 amide bonds. The van der Waals surface area contributed by atoms with E-state index in [1.54, 1.807) is 6.92 Å². The first-order valence-corrected chi connectivity index (χ1v) is 2.86. The molecule has 0 aromatic heterocycles. The van der Waals surface area contributed by atoms with Gasteiger partial charge in [0.15, 0.2) is 0 Å². The zero-order valence-corrected chi connectivity index (χ0v) is 5.81. The summed E-state index contributed by atoms with van der Waals surface area (Å²) in [5.74, 6) is -0.864. The number of hydrogen-bond donors (Lipinski definition) is 1. The third kappa shape index (κ3) is 5.14. The van der Waals surface area contributed by atoms with Crippen LogP contribution in [0.3, 0.4) is 0 Å². The fraction of sp³-hybridized carbons (Fsp3) is 0.600. The Balaban J connectivity index is 3.62. The molecule has 0 aliphatic rings. The fourth-order valence-corrected chi connectivity index (χ4v) is 0.568. The van der Waals surface area contributed by atoms with Crippen molar-refractivity contribution < 1.29 is 9.90 Å². The van der Waals surface area contributed by atoms with Crippen molar-refractivity contribution in [3.63, 3.8) is 0 Å². The van der Waals surface area contributed by atoms with Crippen LogP contribution in [0.15, 0.2) is 4.99 Å². The molecular formula is C5H7NO2S. The highest BCUT2D eigenvalue weighted by Gasteiger charge is 2.03. The van der Waals surface area contributed by atoms with Crippen molar-refractivity contribution in [3.8, 4) is 0 Å². The zero-order valence-electron chi connectivity index (χ0n) is 5.00. The predicted molar refractivity (Wildman–Crippen MR) is 36.7 cm³/mol. The van der Waals surface area contributed by atoms with Gasteiger partial charge in [0.2, 0.25) is 0 Å². The lowest BCUT2D eigenvalue weighted by Crippen LogP contribution is -2.05. The first-order valence-electron chi connectivity index (χ1n) is 2.45. The molecule has 9 heavy (non-hydrogen) atoms. The highest BCUT2D eigenvalue weighted by atomic mass is 32.1. The van der Waals surface area contributed by atoms with Gasteiger partial charge in [-0.15, -0.1) is 0 Å². The van der Waals surface area contributed by atoms with Crippen molar-refractivity contribution in [1.82, 2.24) is 0 Å². The lowest BCUT2D eigenvalue weighted by molar-refractivity contribution is -0.137. The Morgan fingerprint density at radius 3 is 2.89 bits per heavy atom.